The second-order valence-electron chi connectivity index (χ2n) is 8.70. The van der Waals surface area contributed by atoms with E-state index in [2.05, 4.69) is 68.5 Å². The van der Waals surface area contributed by atoms with Crippen molar-refractivity contribution in [3.63, 3.8) is 0 Å². The first-order valence-electron chi connectivity index (χ1n) is 7.75. The Hall–Kier alpha value is -0.900. The summed E-state index contributed by atoms with van der Waals surface area (Å²) in [6, 6.07) is 0.294. The van der Waals surface area contributed by atoms with Gasteiger partial charge in [-0.15, -0.1) is 10.2 Å². The molecule has 1 aromatic heterocycles. The SMILES string of the molecule is CC(C)(C)C1NCCn2c1nnc2C1C(C)(C)C1(C)C. The molecule has 4 heteroatoms. The molecule has 1 aromatic rings. The second-order valence-corrected chi connectivity index (χ2v) is 8.70. The Bertz CT molecular complexity index is 519. The van der Waals surface area contributed by atoms with Gasteiger partial charge in [0.15, 0.2) is 5.82 Å². The Labute approximate surface area is 122 Å². The van der Waals surface area contributed by atoms with E-state index in [4.69, 9.17) is 0 Å². The van der Waals surface area contributed by atoms with Crippen LogP contribution in [0.25, 0.3) is 0 Å². The molecule has 1 aliphatic carbocycles. The number of nitrogens with one attached hydrogen (secondary N) is 1. The fraction of sp³-hybridized carbons (Fsp3) is 0.875. The van der Waals surface area contributed by atoms with Crippen molar-refractivity contribution >= 4 is 0 Å². The molecule has 3 rings (SSSR count). The van der Waals surface area contributed by atoms with E-state index < -0.39 is 0 Å². The third-order valence-electron chi connectivity index (χ3n) is 5.90. The normalized spacial score (nSPS) is 28.2. The zero-order chi connectivity index (χ0) is 14.9. The molecule has 1 aliphatic heterocycles. The smallest absolute Gasteiger partial charge is 0.150 e. The zero-order valence-electron chi connectivity index (χ0n) is 13.9. The van der Waals surface area contributed by atoms with Crippen molar-refractivity contribution in [2.75, 3.05) is 6.54 Å². The van der Waals surface area contributed by atoms with Crippen LogP contribution in [0.3, 0.4) is 0 Å². The van der Waals surface area contributed by atoms with Gasteiger partial charge in [-0.05, 0) is 16.2 Å². The quantitative estimate of drug-likeness (QED) is 0.857. The van der Waals surface area contributed by atoms with Crippen molar-refractivity contribution in [2.24, 2.45) is 16.2 Å². The lowest BCUT2D eigenvalue weighted by Crippen LogP contribution is -2.41. The van der Waals surface area contributed by atoms with E-state index >= 15 is 0 Å². The van der Waals surface area contributed by atoms with Crippen molar-refractivity contribution in [2.45, 2.75) is 67.0 Å². The Morgan fingerprint density at radius 3 is 2.10 bits per heavy atom. The number of rotatable bonds is 1. The van der Waals surface area contributed by atoms with E-state index in [9.17, 15) is 0 Å². The van der Waals surface area contributed by atoms with Crippen LogP contribution < -0.4 is 5.32 Å². The van der Waals surface area contributed by atoms with E-state index in [1.54, 1.807) is 0 Å². The molecule has 0 amide bonds. The maximum absolute atomic E-state index is 4.59. The molecule has 2 heterocycles. The van der Waals surface area contributed by atoms with Gasteiger partial charge in [-0.2, -0.15) is 0 Å². The molecule has 0 bridgehead atoms. The molecule has 1 fully saturated rings. The predicted octanol–water partition coefficient (Wildman–Crippen LogP) is 3.12. The summed E-state index contributed by atoms with van der Waals surface area (Å²) in [7, 11) is 0. The average molecular weight is 276 g/mol. The Morgan fingerprint density at radius 2 is 1.60 bits per heavy atom. The summed E-state index contributed by atoms with van der Waals surface area (Å²) in [5.41, 5.74) is 0.800. The van der Waals surface area contributed by atoms with E-state index in [1.165, 1.54) is 5.82 Å². The zero-order valence-corrected chi connectivity index (χ0v) is 13.9. The molecule has 1 atom stereocenters. The summed E-state index contributed by atoms with van der Waals surface area (Å²) in [5, 5.41) is 12.7. The van der Waals surface area contributed by atoms with Gasteiger partial charge in [0.1, 0.15) is 5.82 Å². The van der Waals surface area contributed by atoms with E-state index in [1.807, 2.05) is 0 Å². The van der Waals surface area contributed by atoms with Crippen molar-refractivity contribution in [3.05, 3.63) is 11.6 Å². The Balaban J connectivity index is 2.01. The fourth-order valence-electron chi connectivity index (χ4n) is 3.93. The standard InChI is InChI=1S/C16H28N4/c1-14(2,3)11-13-19-18-12(20(13)9-8-17-11)10-15(4,5)16(10,6)7/h10-11,17H,8-9H2,1-7H3. The molecule has 0 spiro atoms. The maximum atomic E-state index is 4.59. The van der Waals surface area contributed by atoms with Gasteiger partial charge in [0, 0.05) is 19.0 Å². The van der Waals surface area contributed by atoms with Crippen LogP contribution >= 0.6 is 0 Å². The minimum Gasteiger partial charge on any atom is -0.312 e. The van der Waals surface area contributed by atoms with Gasteiger partial charge in [0.05, 0.1) is 6.04 Å². The molecule has 4 nitrogen and oxygen atoms in total. The first-order chi connectivity index (χ1) is 9.08. The molecule has 20 heavy (non-hydrogen) atoms. The molecule has 0 aromatic carbocycles. The van der Waals surface area contributed by atoms with Crippen LogP contribution in [0, 0.1) is 16.2 Å². The van der Waals surface area contributed by atoms with Crippen LogP contribution in [0.1, 0.15) is 72.1 Å². The second kappa shape index (κ2) is 3.85. The van der Waals surface area contributed by atoms with Gasteiger partial charge in [0.2, 0.25) is 0 Å². The van der Waals surface area contributed by atoms with E-state index in [-0.39, 0.29) is 5.41 Å². The van der Waals surface area contributed by atoms with Crippen molar-refractivity contribution in [3.8, 4) is 0 Å². The summed E-state index contributed by atoms with van der Waals surface area (Å²) in [6.07, 6.45) is 0. The van der Waals surface area contributed by atoms with Gasteiger partial charge >= 0.3 is 0 Å². The number of hydrogen-bond donors (Lipinski definition) is 1. The topological polar surface area (TPSA) is 42.7 Å². The third kappa shape index (κ3) is 1.70. The van der Waals surface area contributed by atoms with Gasteiger partial charge in [0.25, 0.3) is 0 Å². The molecular formula is C16H28N4. The lowest BCUT2D eigenvalue weighted by Gasteiger charge is -2.34. The number of hydrogen-bond acceptors (Lipinski definition) is 3. The molecule has 1 saturated carbocycles. The van der Waals surface area contributed by atoms with Crippen molar-refractivity contribution in [1.82, 2.24) is 20.1 Å². The summed E-state index contributed by atoms with van der Waals surface area (Å²) < 4.78 is 2.38. The summed E-state index contributed by atoms with van der Waals surface area (Å²) >= 11 is 0. The molecule has 112 valence electrons. The van der Waals surface area contributed by atoms with E-state index in [0.717, 1.165) is 18.9 Å². The van der Waals surface area contributed by atoms with Crippen LogP contribution in [0.4, 0.5) is 0 Å². The van der Waals surface area contributed by atoms with Gasteiger partial charge in [-0.3, -0.25) is 0 Å². The molecular weight excluding hydrogens is 248 g/mol. The first-order valence-corrected chi connectivity index (χ1v) is 7.75. The van der Waals surface area contributed by atoms with E-state index in [0.29, 0.717) is 22.8 Å². The highest BCUT2D eigenvalue weighted by molar-refractivity contribution is 5.28. The monoisotopic (exact) mass is 276 g/mol. The summed E-state index contributed by atoms with van der Waals surface area (Å²) in [6.45, 7) is 18.2. The highest BCUT2D eigenvalue weighted by Gasteiger charge is 2.67. The minimum absolute atomic E-state index is 0.164. The van der Waals surface area contributed by atoms with Crippen molar-refractivity contribution in [1.29, 1.82) is 0 Å². The molecule has 2 aliphatic rings. The van der Waals surface area contributed by atoms with Gasteiger partial charge < -0.3 is 9.88 Å². The lowest BCUT2D eigenvalue weighted by atomic mass is 9.85. The maximum Gasteiger partial charge on any atom is 0.150 e. The number of nitrogens with zero attached hydrogens (tertiary/aromatic N) is 3. The summed E-state index contributed by atoms with van der Waals surface area (Å²) in [4.78, 5) is 0. The summed E-state index contributed by atoms with van der Waals surface area (Å²) in [5.74, 6) is 2.85. The lowest BCUT2D eigenvalue weighted by molar-refractivity contribution is 0.231. The highest BCUT2D eigenvalue weighted by atomic mass is 15.3. The van der Waals surface area contributed by atoms with Crippen LogP contribution in [0.5, 0.6) is 0 Å². The fourth-order valence-corrected chi connectivity index (χ4v) is 3.93. The molecule has 1 N–H and O–H groups in total. The number of aromatic nitrogens is 3. The van der Waals surface area contributed by atoms with Crippen molar-refractivity contribution < 1.29 is 0 Å². The average Bonchev–Trinajstić information content (AvgIpc) is 2.63. The van der Waals surface area contributed by atoms with Crippen LogP contribution in [-0.2, 0) is 6.54 Å². The van der Waals surface area contributed by atoms with Crippen LogP contribution in [0.2, 0.25) is 0 Å². The highest BCUT2D eigenvalue weighted by Crippen LogP contribution is 2.73. The van der Waals surface area contributed by atoms with Crippen LogP contribution in [-0.4, -0.2) is 21.3 Å². The van der Waals surface area contributed by atoms with Gasteiger partial charge in [-0.25, -0.2) is 0 Å². The first kappa shape index (κ1) is 14.1. The molecule has 1 unspecified atom stereocenters. The Kier molecular flexibility index (Phi) is 2.70. The van der Waals surface area contributed by atoms with Gasteiger partial charge in [-0.1, -0.05) is 48.5 Å². The Morgan fingerprint density at radius 1 is 1.05 bits per heavy atom. The number of fused-ring (bicyclic) bond motifs is 1. The predicted molar refractivity (Wildman–Crippen MR) is 80.5 cm³/mol. The minimum atomic E-state index is 0.164. The molecule has 0 saturated heterocycles. The van der Waals surface area contributed by atoms with Crippen LogP contribution in [0.15, 0.2) is 0 Å². The molecule has 0 radical (unpaired) electrons. The largest absolute Gasteiger partial charge is 0.312 e. The third-order valence-corrected chi connectivity index (χ3v) is 5.90.